The van der Waals surface area contributed by atoms with Gasteiger partial charge in [0.2, 0.25) is 0 Å². The highest BCUT2D eigenvalue weighted by atomic mass is 19.1. The van der Waals surface area contributed by atoms with Crippen LogP contribution in [-0.4, -0.2) is 35.1 Å². The van der Waals surface area contributed by atoms with Gasteiger partial charge in [0.15, 0.2) is 5.78 Å². The second-order valence-electron chi connectivity index (χ2n) is 6.23. The molecule has 1 N–H and O–H groups in total. The number of halogens is 1. The van der Waals surface area contributed by atoms with Crippen molar-refractivity contribution in [3.63, 3.8) is 0 Å². The molecule has 0 fully saturated rings. The van der Waals surface area contributed by atoms with Gasteiger partial charge in [0.1, 0.15) is 11.5 Å². The van der Waals surface area contributed by atoms with Gasteiger partial charge in [-0.3, -0.25) is 9.59 Å². The summed E-state index contributed by atoms with van der Waals surface area (Å²) in [6.45, 7) is 2.10. The molecule has 0 saturated heterocycles. The highest BCUT2D eigenvalue weighted by Gasteiger charge is 2.14. The topological polar surface area (TPSA) is 76.5 Å². The molecule has 5 nitrogen and oxygen atoms in total. The van der Waals surface area contributed by atoms with Crippen LogP contribution in [0.1, 0.15) is 74.3 Å². The number of aliphatic hydroxyl groups is 1. The van der Waals surface area contributed by atoms with Crippen molar-refractivity contribution in [1.29, 1.82) is 0 Å². The van der Waals surface area contributed by atoms with Crippen LogP contribution in [0.3, 0.4) is 0 Å². The van der Waals surface area contributed by atoms with Crippen molar-refractivity contribution in [2.45, 2.75) is 64.4 Å². The third kappa shape index (κ3) is 8.34. The number of ketones is 1. The molecule has 1 aromatic rings. The fourth-order valence-electron chi connectivity index (χ4n) is 2.53. The number of aromatic nitrogens is 1. The monoisotopic (exact) mass is 365 g/mol. The number of unbranched alkanes of at least 4 members (excludes halogenated alkanes) is 2. The van der Waals surface area contributed by atoms with Crippen LogP contribution in [0.25, 0.3) is 6.08 Å². The first-order chi connectivity index (χ1) is 12.5. The zero-order valence-corrected chi connectivity index (χ0v) is 15.5. The largest absolute Gasteiger partial charge is 0.469 e. The molecule has 6 heteroatoms. The maximum absolute atomic E-state index is 13.5. The average molecular weight is 365 g/mol. The Labute approximate surface area is 154 Å². The SMILES string of the molecule is CCCCCC(O)C/C=C/c1cc(F)cnc1C(=O)CCCC(=O)OC. The predicted octanol–water partition coefficient (Wildman–Crippen LogP) is 4.09. The van der Waals surface area contributed by atoms with Crippen LogP contribution in [0.4, 0.5) is 4.39 Å². The lowest BCUT2D eigenvalue weighted by atomic mass is 10.0. The molecule has 0 aliphatic carbocycles. The molecule has 0 amide bonds. The maximum atomic E-state index is 13.5. The summed E-state index contributed by atoms with van der Waals surface area (Å²) >= 11 is 0. The molecule has 1 heterocycles. The number of methoxy groups -OCH3 is 1. The molecule has 1 unspecified atom stereocenters. The first-order valence-electron chi connectivity index (χ1n) is 9.08. The van der Waals surface area contributed by atoms with Gasteiger partial charge in [-0.05, 0) is 25.3 Å². The van der Waals surface area contributed by atoms with Crippen molar-refractivity contribution in [1.82, 2.24) is 4.98 Å². The molecule has 1 rings (SSSR count). The van der Waals surface area contributed by atoms with E-state index < -0.39 is 11.9 Å². The Hall–Kier alpha value is -2.08. The Morgan fingerprint density at radius 2 is 2.08 bits per heavy atom. The first-order valence-corrected chi connectivity index (χ1v) is 9.08. The van der Waals surface area contributed by atoms with Gasteiger partial charge >= 0.3 is 5.97 Å². The molecule has 0 aliphatic heterocycles. The summed E-state index contributed by atoms with van der Waals surface area (Å²) in [6, 6.07) is 1.25. The van der Waals surface area contributed by atoms with Gasteiger partial charge in [-0.2, -0.15) is 0 Å². The standard InChI is InChI=1S/C20H28FNO4/c1-3-4-5-9-17(23)10-6-8-15-13-16(21)14-22-20(15)18(24)11-7-12-19(25)26-2/h6,8,13-14,17,23H,3-5,7,9-12H2,1-2H3/b8-6+. The van der Waals surface area contributed by atoms with Crippen LogP contribution < -0.4 is 0 Å². The number of carbonyl (C=O) groups is 2. The summed E-state index contributed by atoms with van der Waals surface area (Å²) in [4.78, 5) is 27.3. The van der Waals surface area contributed by atoms with Gasteiger partial charge in [0, 0.05) is 18.4 Å². The minimum absolute atomic E-state index is 0.133. The van der Waals surface area contributed by atoms with E-state index in [1.807, 2.05) is 0 Å². The van der Waals surface area contributed by atoms with E-state index in [0.717, 1.165) is 31.9 Å². The van der Waals surface area contributed by atoms with Crippen molar-refractivity contribution in [3.8, 4) is 0 Å². The van der Waals surface area contributed by atoms with Crippen molar-refractivity contribution in [2.75, 3.05) is 7.11 Å². The average Bonchev–Trinajstić information content (AvgIpc) is 2.61. The smallest absolute Gasteiger partial charge is 0.305 e. The van der Waals surface area contributed by atoms with E-state index in [-0.39, 0.29) is 30.3 Å². The van der Waals surface area contributed by atoms with Crippen LogP contribution in [-0.2, 0) is 9.53 Å². The molecular weight excluding hydrogens is 337 g/mol. The molecule has 26 heavy (non-hydrogen) atoms. The van der Waals surface area contributed by atoms with E-state index in [1.165, 1.54) is 13.2 Å². The summed E-state index contributed by atoms with van der Waals surface area (Å²) in [6.07, 6.45) is 8.86. The highest BCUT2D eigenvalue weighted by Crippen LogP contribution is 2.15. The number of pyridine rings is 1. The summed E-state index contributed by atoms with van der Waals surface area (Å²) in [7, 11) is 1.30. The molecular formula is C20H28FNO4. The Morgan fingerprint density at radius 3 is 2.77 bits per heavy atom. The van der Waals surface area contributed by atoms with Crippen molar-refractivity contribution < 1.29 is 23.8 Å². The Bertz CT molecular complexity index is 616. The number of carbonyl (C=O) groups excluding carboxylic acids is 2. The zero-order valence-electron chi connectivity index (χ0n) is 15.5. The van der Waals surface area contributed by atoms with Crippen LogP contribution in [0.15, 0.2) is 18.3 Å². The summed E-state index contributed by atoms with van der Waals surface area (Å²) in [5.41, 5.74) is 0.557. The highest BCUT2D eigenvalue weighted by molar-refractivity contribution is 5.97. The van der Waals surface area contributed by atoms with Crippen LogP contribution in [0.2, 0.25) is 0 Å². The van der Waals surface area contributed by atoms with E-state index in [0.29, 0.717) is 18.4 Å². The molecule has 1 aromatic heterocycles. The van der Waals surface area contributed by atoms with Crippen molar-refractivity contribution in [2.24, 2.45) is 0 Å². The van der Waals surface area contributed by atoms with E-state index in [1.54, 1.807) is 12.2 Å². The minimum Gasteiger partial charge on any atom is -0.469 e. The minimum atomic E-state index is -0.528. The number of aliphatic hydroxyl groups excluding tert-OH is 1. The summed E-state index contributed by atoms with van der Waals surface area (Å²) in [5, 5.41) is 9.93. The van der Waals surface area contributed by atoms with Crippen molar-refractivity contribution >= 4 is 17.8 Å². The second-order valence-corrected chi connectivity index (χ2v) is 6.23. The third-order valence-electron chi connectivity index (χ3n) is 4.01. The van der Waals surface area contributed by atoms with Crippen LogP contribution in [0.5, 0.6) is 0 Å². The summed E-state index contributed by atoms with van der Waals surface area (Å²) in [5.74, 6) is -1.15. The van der Waals surface area contributed by atoms with Gasteiger partial charge in [-0.25, -0.2) is 9.37 Å². The molecule has 0 spiro atoms. The maximum Gasteiger partial charge on any atom is 0.305 e. The summed E-state index contributed by atoms with van der Waals surface area (Å²) < 4.78 is 18.0. The van der Waals surface area contributed by atoms with Gasteiger partial charge in [0.25, 0.3) is 0 Å². The predicted molar refractivity (Wildman–Crippen MR) is 98.2 cm³/mol. The number of hydrogen-bond acceptors (Lipinski definition) is 5. The fraction of sp³-hybridized carbons (Fsp3) is 0.550. The number of rotatable bonds is 12. The number of nitrogens with zero attached hydrogens (tertiary/aromatic N) is 1. The van der Waals surface area contributed by atoms with Gasteiger partial charge in [0.05, 0.1) is 19.4 Å². The molecule has 0 bridgehead atoms. The molecule has 0 radical (unpaired) electrons. The van der Waals surface area contributed by atoms with Crippen LogP contribution >= 0.6 is 0 Å². The quantitative estimate of drug-likeness (QED) is 0.343. The molecule has 0 saturated carbocycles. The number of esters is 1. The number of Topliss-reactive ketones (excluding diaryl/α,β-unsaturated/α-hetero) is 1. The Kier molecular flexibility index (Phi) is 10.4. The third-order valence-corrected chi connectivity index (χ3v) is 4.01. The van der Waals surface area contributed by atoms with Crippen LogP contribution in [0, 0.1) is 5.82 Å². The molecule has 0 aromatic carbocycles. The van der Waals surface area contributed by atoms with Gasteiger partial charge in [-0.1, -0.05) is 38.3 Å². The molecule has 144 valence electrons. The van der Waals surface area contributed by atoms with E-state index >= 15 is 0 Å². The van der Waals surface area contributed by atoms with Crippen molar-refractivity contribution in [3.05, 3.63) is 35.4 Å². The Balaban J connectivity index is 2.66. The van der Waals surface area contributed by atoms with Gasteiger partial charge < -0.3 is 9.84 Å². The lowest BCUT2D eigenvalue weighted by Crippen LogP contribution is -2.08. The van der Waals surface area contributed by atoms with E-state index in [2.05, 4.69) is 16.6 Å². The second kappa shape index (κ2) is 12.3. The first kappa shape index (κ1) is 22.0. The zero-order chi connectivity index (χ0) is 19.4. The van der Waals surface area contributed by atoms with E-state index in [9.17, 15) is 19.1 Å². The number of hydrogen-bond donors (Lipinski definition) is 1. The van der Waals surface area contributed by atoms with Gasteiger partial charge in [-0.15, -0.1) is 0 Å². The molecule has 0 aliphatic rings. The Morgan fingerprint density at radius 1 is 1.31 bits per heavy atom. The normalized spacial score (nSPS) is 12.3. The van der Waals surface area contributed by atoms with E-state index in [4.69, 9.17) is 0 Å². The molecule has 1 atom stereocenters. The lowest BCUT2D eigenvalue weighted by Gasteiger charge is -2.07. The lowest BCUT2D eigenvalue weighted by molar-refractivity contribution is -0.140. The number of ether oxygens (including phenoxy) is 1. The fourth-order valence-corrected chi connectivity index (χ4v) is 2.53.